The topological polar surface area (TPSA) is 80.7 Å². The fourth-order valence-corrected chi connectivity index (χ4v) is 3.16. The van der Waals surface area contributed by atoms with Crippen LogP contribution < -0.4 is 0 Å². The van der Waals surface area contributed by atoms with Crippen LogP contribution in [-0.2, 0) is 20.7 Å². The van der Waals surface area contributed by atoms with Crippen LogP contribution in [-0.4, -0.2) is 29.9 Å². The molecule has 0 radical (unpaired) electrons. The molecule has 118 valence electrons. The molecule has 0 spiro atoms. The smallest absolute Gasteiger partial charge is 0.306 e. The zero-order valence-corrected chi connectivity index (χ0v) is 12.6. The van der Waals surface area contributed by atoms with Crippen LogP contribution in [0.15, 0.2) is 24.3 Å². The maximum atomic E-state index is 12.9. The number of carbonyl (C=O) groups excluding carboxylic acids is 2. The van der Waals surface area contributed by atoms with E-state index in [0.717, 1.165) is 5.56 Å². The van der Waals surface area contributed by atoms with Gasteiger partial charge in [-0.05, 0) is 31.2 Å². The van der Waals surface area contributed by atoms with E-state index in [2.05, 4.69) is 0 Å². The number of fused-ring (bicyclic) bond motifs is 1. The summed E-state index contributed by atoms with van der Waals surface area (Å²) in [5.41, 5.74) is 0.802. The lowest BCUT2D eigenvalue weighted by Crippen LogP contribution is -2.38. The zero-order chi connectivity index (χ0) is 16.2. The van der Waals surface area contributed by atoms with Gasteiger partial charge in [0.1, 0.15) is 0 Å². The Morgan fingerprint density at radius 2 is 2.05 bits per heavy atom. The molecule has 2 rings (SSSR count). The molecule has 5 nitrogen and oxygen atoms in total. The SMILES string of the molecule is COC(=O)C[C@@]1(CCCC(=O)O)CCc2ccccc2C1=O. The molecule has 0 saturated heterocycles. The van der Waals surface area contributed by atoms with E-state index in [1.54, 1.807) is 6.07 Å². The molecule has 0 fully saturated rings. The Morgan fingerprint density at radius 3 is 2.73 bits per heavy atom. The summed E-state index contributed by atoms with van der Waals surface area (Å²) in [6.07, 6.45) is 2.04. The van der Waals surface area contributed by atoms with Crippen LogP contribution in [0.3, 0.4) is 0 Å². The zero-order valence-electron chi connectivity index (χ0n) is 12.6. The highest BCUT2D eigenvalue weighted by Crippen LogP contribution is 2.42. The van der Waals surface area contributed by atoms with Crippen molar-refractivity contribution >= 4 is 17.7 Å². The highest BCUT2D eigenvalue weighted by Gasteiger charge is 2.43. The van der Waals surface area contributed by atoms with Gasteiger partial charge in [0.2, 0.25) is 0 Å². The van der Waals surface area contributed by atoms with Gasteiger partial charge in [0.15, 0.2) is 5.78 Å². The van der Waals surface area contributed by atoms with Crippen molar-refractivity contribution in [1.82, 2.24) is 0 Å². The third kappa shape index (κ3) is 3.35. The molecule has 5 heteroatoms. The van der Waals surface area contributed by atoms with Gasteiger partial charge in [-0.15, -0.1) is 0 Å². The second-order valence-corrected chi connectivity index (χ2v) is 5.77. The maximum Gasteiger partial charge on any atom is 0.306 e. The Balaban J connectivity index is 2.27. The number of methoxy groups -OCH3 is 1. The average Bonchev–Trinajstić information content (AvgIpc) is 2.50. The molecule has 0 saturated carbocycles. The fraction of sp³-hybridized carbons (Fsp3) is 0.471. The summed E-state index contributed by atoms with van der Waals surface area (Å²) in [5, 5.41) is 8.80. The molecule has 22 heavy (non-hydrogen) atoms. The van der Waals surface area contributed by atoms with E-state index in [9.17, 15) is 14.4 Å². The number of carboxylic acids is 1. The molecule has 1 atom stereocenters. The number of benzene rings is 1. The Morgan fingerprint density at radius 1 is 1.32 bits per heavy atom. The van der Waals surface area contributed by atoms with E-state index in [0.29, 0.717) is 31.2 Å². The summed E-state index contributed by atoms with van der Waals surface area (Å²) < 4.78 is 4.73. The van der Waals surface area contributed by atoms with Gasteiger partial charge in [0, 0.05) is 17.4 Å². The fourth-order valence-electron chi connectivity index (χ4n) is 3.16. The summed E-state index contributed by atoms with van der Waals surface area (Å²) in [6, 6.07) is 7.40. The molecule has 0 heterocycles. The van der Waals surface area contributed by atoms with Crippen molar-refractivity contribution in [3.8, 4) is 0 Å². The van der Waals surface area contributed by atoms with Crippen LogP contribution in [0.5, 0.6) is 0 Å². The van der Waals surface area contributed by atoms with Gasteiger partial charge < -0.3 is 9.84 Å². The van der Waals surface area contributed by atoms with E-state index >= 15 is 0 Å². The van der Waals surface area contributed by atoms with Crippen LogP contribution in [0.25, 0.3) is 0 Å². The second kappa shape index (κ2) is 6.73. The first-order valence-corrected chi connectivity index (χ1v) is 7.40. The van der Waals surface area contributed by atoms with Gasteiger partial charge in [0.05, 0.1) is 13.5 Å². The lowest BCUT2D eigenvalue weighted by atomic mass is 9.66. The quantitative estimate of drug-likeness (QED) is 0.817. The van der Waals surface area contributed by atoms with Crippen LogP contribution in [0, 0.1) is 5.41 Å². The normalized spacial score (nSPS) is 20.3. The minimum atomic E-state index is -0.892. The van der Waals surface area contributed by atoms with E-state index in [1.165, 1.54) is 7.11 Å². The summed E-state index contributed by atoms with van der Waals surface area (Å²) in [6.45, 7) is 0. The molecular formula is C17H20O5. The highest BCUT2D eigenvalue weighted by molar-refractivity contribution is 6.04. The predicted octanol–water partition coefficient (Wildman–Crippen LogP) is 2.62. The maximum absolute atomic E-state index is 12.9. The minimum Gasteiger partial charge on any atom is -0.481 e. The number of esters is 1. The predicted molar refractivity (Wildman–Crippen MR) is 79.6 cm³/mol. The number of hydrogen-bond acceptors (Lipinski definition) is 4. The first-order chi connectivity index (χ1) is 10.5. The van der Waals surface area contributed by atoms with Crippen LogP contribution >= 0.6 is 0 Å². The number of ketones is 1. The van der Waals surface area contributed by atoms with Crippen molar-refractivity contribution in [1.29, 1.82) is 0 Å². The largest absolute Gasteiger partial charge is 0.481 e. The molecule has 1 aliphatic rings. The van der Waals surface area contributed by atoms with Crippen LogP contribution in [0.1, 0.15) is 48.0 Å². The molecule has 0 unspecified atom stereocenters. The van der Waals surface area contributed by atoms with E-state index < -0.39 is 17.4 Å². The Labute approximate surface area is 129 Å². The van der Waals surface area contributed by atoms with Crippen LogP contribution in [0.4, 0.5) is 0 Å². The number of hydrogen-bond donors (Lipinski definition) is 1. The summed E-state index contributed by atoms with van der Waals surface area (Å²) in [5.74, 6) is -1.38. The van der Waals surface area contributed by atoms with Gasteiger partial charge in [-0.25, -0.2) is 0 Å². The van der Waals surface area contributed by atoms with Crippen molar-refractivity contribution < 1.29 is 24.2 Å². The standard InChI is InChI=1S/C17H20O5/c1-22-15(20)11-17(9-4-7-14(18)19)10-8-12-5-2-3-6-13(12)16(17)21/h2-3,5-6H,4,7-11H2,1H3,(H,18,19)/t17-/m1/s1. The van der Waals surface area contributed by atoms with Gasteiger partial charge in [-0.1, -0.05) is 24.3 Å². The minimum absolute atomic E-state index is 0.00213. The summed E-state index contributed by atoms with van der Waals surface area (Å²) >= 11 is 0. The molecule has 1 N–H and O–H groups in total. The van der Waals surface area contributed by atoms with E-state index in [-0.39, 0.29) is 18.6 Å². The van der Waals surface area contributed by atoms with Crippen molar-refractivity contribution in [3.63, 3.8) is 0 Å². The number of carbonyl (C=O) groups is 3. The molecule has 1 aliphatic carbocycles. The van der Waals surface area contributed by atoms with Crippen molar-refractivity contribution in [3.05, 3.63) is 35.4 Å². The lowest BCUT2D eigenvalue weighted by Gasteiger charge is -2.36. The molecule has 1 aromatic rings. The number of rotatable bonds is 6. The Hall–Kier alpha value is -2.17. The summed E-state index contributed by atoms with van der Waals surface area (Å²) in [4.78, 5) is 35.4. The number of Topliss-reactive ketones (excluding diaryl/α,β-unsaturated/α-hetero) is 1. The van der Waals surface area contributed by atoms with E-state index in [4.69, 9.17) is 9.84 Å². The number of carboxylic acid groups (broad SMARTS) is 1. The number of aryl methyl sites for hydroxylation is 1. The first kappa shape index (κ1) is 16.2. The Bertz CT molecular complexity index is 592. The van der Waals surface area contributed by atoms with E-state index in [1.807, 2.05) is 18.2 Å². The summed E-state index contributed by atoms with van der Waals surface area (Å²) in [7, 11) is 1.30. The second-order valence-electron chi connectivity index (χ2n) is 5.77. The first-order valence-electron chi connectivity index (χ1n) is 7.40. The van der Waals surface area contributed by atoms with Crippen molar-refractivity contribution in [2.24, 2.45) is 5.41 Å². The van der Waals surface area contributed by atoms with Gasteiger partial charge in [-0.2, -0.15) is 0 Å². The number of aliphatic carboxylic acids is 1. The average molecular weight is 304 g/mol. The molecular weight excluding hydrogens is 284 g/mol. The molecule has 0 bridgehead atoms. The third-order valence-electron chi connectivity index (χ3n) is 4.37. The molecule has 1 aromatic carbocycles. The molecule has 0 amide bonds. The van der Waals surface area contributed by atoms with Gasteiger partial charge >= 0.3 is 11.9 Å². The van der Waals surface area contributed by atoms with Crippen molar-refractivity contribution in [2.45, 2.75) is 38.5 Å². The van der Waals surface area contributed by atoms with Crippen LogP contribution in [0.2, 0.25) is 0 Å². The molecule has 0 aliphatic heterocycles. The highest BCUT2D eigenvalue weighted by atomic mass is 16.5. The Kier molecular flexibility index (Phi) is 4.96. The molecule has 0 aromatic heterocycles. The number of ether oxygens (including phenoxy) is 1. The monoisotopic (exact) mass is 304 g/mol. The van der Waals surface area contributed by atoms with Gasteiger partial charge in [0.25, 0.3) is 0 Å². The lowest BCUT2D eigenvalue weighted by molar-refractivity contribution is -0.143. The third-order valence-corrected chi connectivity index (χ3v) is 4.37. The van der Waals surface area contributed by atoms with Crippen molar-refractivity contribution in [2.75, 3.05) is 7.11 Å². The van der Waals surface area contributed by atoms with Gasteiger partial charge in [-0.3, -0.25) is 14.4 Å².